The normalized spacial score (nSPS) is 21.2. The van der Waals surface area contributed by atoms with Crippen LogP contribution in [0.25, 0.3) is 0 Å². The average molecular weight is 200 g/mol. The van der Waals surface area contributed by atoms with Gasteiger partial charge >= 0.3 is 0 Å². The van der Waals surface area contributed by atoms with Crippen LogP contribution >= 0.6 is 0 Å². The van der Waals surface area contributed by atoms with Gasteiger partial charge < -0.3 is 4.57 Å². The Morgan fingerprint density at radius 3 is 2.77 bits per heavy atom. The molecule has 1 aromatic rings. The standard InChI is InChI=1S/C8H12N2O2S/c11-13(12)5-8(6-13)1-3-10-4-2-9-7-10/h2,4,7-8H,1,3,5-6H2. The molecule has 0 aromatic carbocycles. The molecule has 0 N–H and O–H groups in total. The second kappa shape index (κ2) is 3.14. The van der Waals surface area contributed by atoms with E-state index in [2.05, 4.69) is 4.98 Å². The predicted molar refractivity (Wildman–Crippen MR) is 49.0 cm³/mol. The van der Waals surface area contributed by atoms with Crippen molar-refractivity contribution in [3.05, 3.63) is 18.7 Å². The smallest absolute Gasteiger partial charge is 0.150 e. The molecule has 2 rings (SSSR count). The summed E-state index contributed by atoms with van der Waals surface area (Å²) in [6.07, 6.45) is 6.33. The Labute approximate surface area is 77.5 Å². The Hall–Kier alpha value is -0.840. The Balaban J connectivity index is 1.77. The van der Waals surface area contributed by atoms with Crippen LogP contribution in [0.15, 0.2) is 18.7 Å². The first kappa shape index (κ1) is 8.74. The van der Waals surface area contributed by atoms with Crippen molar-refractivity contribution in [2.45, 2.75) is 13.0 Å². The van der Waals surface area contributed by atoms with Gasteiger partial charge in [-0.3, -0.25) is 0 Å². The number of aryl methyl sites for hydroxylation is 1. The molecule has 72 valence electrons. The third-order valence-electron chi connectivity index (χ3n) is 2.33. The Morgan fingerprint density at radius 2 is 2.23 bits per heavy atom. The van der Waals surface area contributed by atoms with E-state index in [1.807, 2.05) is 10.8 Å². The minimum Gasteiger partial charge on any atom is -0.337 e. The van der Waals surface area contributed by atoms with E-state index in [-0.39, 0.29) is 0 Å². The largest absolute Gasteiger partial charge is 0.337 e. The molecule has 1 aliphatic heterocycles. The topological polar surface area (TPSA) is 52.0 Å². The van der Waals surface area contributed by atoms with Crippen molar-refractivity contribution in [1.29, 1.82) is 0 Å². The summed E-state index contributed by atoms with van der Waals surface area (Å²) in [6, 6.07) is 0. The molecule has 1 saturated heterocycles. The van der Waals surface area contributed by atoms with Gasteiger partial charge in [-0.05, 0) is 12.3 Å². The van der Waals surface area contributed by atoms with E-state index in [4.69, 9.17) is 0 Å². The van der Waals surface area contributed by atoms with Crippen LogP contribution in [0.5, 0.6) is 0 Å². The summed E-state index contributed by atoms with van der Waals surface area (Å²) < 4.78 is 23.7. The van der Waals surface area contributed by atoms with Gasteiger partial charge in [0.25, 0.3) is 0 Å². The predicted octanol–water partition coefficient (Wildman–Crippen LogP) is 0.318. The van der Waals surface area contributed by atoms with Gasteiger partial charge in [-0.2, -0.15) is 0 Å². The van der Waals surface area contributed by atoms with Crippen LogP contribution in [0.4, 0.5) is 0 Å². The minimum absolute atomic E-state index is 0.368. The highest BCUT2D eigenvalue weighted by Crippen LogP contribution is 2.21. The first-order chi connectivity index (χ1) is 6.16. The molecule has 0 bridgehead atoms. The van der Waals surface area contributed by atoms with Gasteiger partial charge in [0.05, 0.1) is 17.8 Å². The molecule has 0 spiro atoms. The molecule has 13 heavy (non-hydrogen) atoms. The molecule has 0 radical (unpaired) electrons. The van der Waals surface area contributed by atoms with Crippen molar-refractivity contribution < 1.29 is 8.42 Å². The summed E-state index contributed by atoms with van der Waals surface area (Å²) in [4.78, 5) is 3.92. The van der Waals surface area contributed by atoms with Crippen molar-refractivity contribution in [3.8, 4) is 0 Å². The second-order valence-corrected chi connectivity index (χ2v) is 5.69. The Kier molecular flexibility index (Phi) is 2.11. The van der Waals surface area contributed by atoms with Crippen LogP contribution in [0, 0.1) is 5.92 Å². The highest BCUT2D eigenvalue weighted by molar-refractivity contribution is 7.92. The van der Waals surface area contributed by atoms with Crippen molar-refractivity contribution in [1.82, 2.24) is 9.55 Å². The lowest BCUT2D eigenvalue weighted by Crippen LogP contribution is -2.36. The number of sulfone groups is 1. The summed E-state index contributed by atoms with van der Waals surface area (Å²) in [6.45, 7) is 0.875. The molecule has 1 aliphatic rings. The zero-order valence-corrected chi connectivity index (χ0v) is 8.07. The second-order valence-electron chi connectivity index (χ2n) is 3.53. The lowest BCUT2D eigenvalue weighted by molar-refractivity contribution is 0.466. The van der Waals surface area contributed by atoms with Crippen LogP contribution in [0.2, 0.25) is 0 Å². The van der Waals surface area contributed by atoms with Crippen molar-refractivity contribution in [2.24, 2.45) is 5.92 Å². The highest BCUT2D eigenvalue weighted by atomic mass is 32.2. The van der Waals surface area contributed by atoms with Crippen LogP contribution in [0.1, 0.15) is 6.42 Å². The van der Waals surface area contributed by atoms with Crippen LogP contribution in [-0.2, 0) is 16.4 Å². The zero-order valence-electron chi connectivity index (χ0n) is 7.26. The fourth-order valence-electron chi connectivity index (χ4n) is 1.59. The van der Waals surface area contributed by atoms with Gasteiger partial charge in [-0.1, -0.05) is 0 Å². The lowest BCUT2D eigenvalue weighted by Gasteiger charge is -2.25. The van der Waals surface area contributed by atoms with E-state index < -0.39 is 9.84 Å². The first-order valence-electron chi connectivity index (χ1n) is 4.32. The number of hydrogen-bond donors (Lipinski definition) is 0. The van der Waals surface area contributed by atoms with E-state index in [0.717, 1.165) is 13.0 Å². The van der Waals surface area contributed by atoms with Crippen LogP contribution in [-0.4, -0.2) is 29.5 Å². The van der Waals surface area contributed by atoms with E-state index in [9.17, 15) is 8.42 Å². The van der Waals surface area contributed by atoms with E-state index in [1.165, 1.54) is 0 Å². The number of aromatic nitrogens is 2. The molecule has 4 nitrogen and oxygen atoms in total. The fraction of sp³-hybridized carbons (Fsp3) is 0.625. The molecule has 1 aromatic heterocycles. The van der Waals surface area contributed by atoms with Crippen LogP contribution in [0.3, 0.4) is 0 Å². The van der Waals surface area contributed by atoms with Crippen molar-refractivity contribution in [3.63, 3.8) is 0 Å². The summed E-state index contributed by atoms with van der Waals surface area (Å²) in [7, 11) is -2.65. The third kappa shape index (κ3) is 2.09. The average Bonchev–Trinajstić information content (AvgIpc) is 2.48. The number of nitrogens with zero attached hydrogens (tertiary/aromatic N) is 2. The molecule has 0 aliphatic carbocycles. The fourth-order valence-corrected chi connectivity index (χ4v) is 3.26. The molecular formula is C8H12N2O2S. The summed E-state index contributed by atoms with van der Waals surface area (Å²) >= 11 is 0. The van der Waals surface area contributed by atoms with Gasteiger partial charge in [0.1, 0.15) is 0 Å². The molecular weight excluding hydrogens is 188 g/mol. The van der Waals surface area contributed by atoms with E-state index in [0.29, 0.717) is 17.4 Å². The SMILES string of the molecule is O=S1(=O)CC(CCn2ccnc2)C1. The van der Waals surface area contributed by atoms with Gasteiger partial charge in [0, 0.05) is 18.9 Å². The highest BCUT2D eigenvalue weighted by Gasteiger charge is 2.32. The van der Waals surface area contributed by atoms with Crippen LogP contribution < -0.4 is 0 Å². The summed E-state index contributed by atoms with van der Waals surface area (Å²) in [5.41, 5.74) is 0. The summed E-state index contributed by atoms with van der Waals surface area (Å²) in [5.74, 6) is 1.12. The number of hydrogen-bond acceptors (Lipinski definition) is 3. The maximum absolute atomic E-state index is 10.8. The third-order valence-corrected chi connectivity index (χ3v) is 4.29. The molecule has 2 heterocycles. The molecule has 1 fully saturated rings. The monoisotopic (exact) mass is 200 g/mol. The molecule has 0 atom stereocenters. The molecule has 0 amide bonds. The van der Waals surface area contributed by atoms with Gasteiger partial charge in [0.2, 0.25) is 0 Å². The Morgan fingerprint density at radius 1 is 1.46 bits per heavy atom. The van der Waals surface area contributed by atoms with Crippen molar-refractivity contribution in [2.75, 3.05) is 11.5 Å². The van der Waals surface area contributed by atoms with Gasteiger partial charge in [-0.25, -0.2) is 13.4 Å². The maximum atomic E-state index is 10.8. The van der Waals surface area contributed by atoms with E-state index >= 15 is 0 Å². The van der Waals surface area contributed by atoms with Crippen molar-refractivity contribution >= 4 is 9.84 Å². The lowest BCUT2D eigenvalue weighted by atomic mass is 10.1. The number of rotatable bonds is 3. The first-order valence-corrected chi connectivity index (χ1v) is 6.14. The van der Waals surface area contributed by atoms with E-state index in [1.54, 1.807) is 12.5 Å². The quantitative estimate of drug-likeness (QED) is 0.706. The molecule has 5 heteroatoms. The minimum atomic E-state index is -2.65. The number of imidazole rings is 1. The Bertz CT molecular complexity index is 357. The van der Waals surface area contributed by atoms with Gasteiger partial charge in [0.15, 0.2) is 9.84 Å². The molecule has 0 unspecified atom stereocenters. The maximum Gasteiger partial charge on any atom is 0.150 e. The summed E-state index contributed by atoms with van der Waals surface area (Å²) in [5, 5.41) is 0. The zero-order chi connectivity index (χ0) is 9.31. The molecule has 0 saturated carbocycles. The van der Waals surface area contributed by atoms with Gasteiger partial charge in [-0.15, -0.1) is 0 Å².